The van der Waals surface area contributed by atoms with Crippen molar-refractivity contribution in [2.24, 2.45) is 5.84 Å². The third-order valence-electron chi connectivity index (χ3n) is 1.56. The van der Waals surface area contributed by atoms with Crippen molar-refractivity contribution in [2.75, 3.05) is 0 Å². The lowest BCUT2D eigenvalue weighted by atomic mass is 10.1. The molecular formula is C8H10BrClN2O. The lowest BCUT2D eigenvalue weighted by molar-refractivity contribution is 0.0953. The number of amides is 1. The summed E-state index contributed by atoms with van der Waals surface area (Å²) >= 11 is 3.30. The number of hydrogen-bond donors (Lipinski definition) is 2. The Hall–Kier alpha value is -0.580. The van der Waals surface area contributed by atoms with Crippen molar-refractivity contribution in [3.63, 3.8) is 0 Å². The number of halogens is 2. The summed E-state index contributed by atoms with van der Waals surface area (Å²) in [5, 5.41) is 0. The van der Waals surface area contributed by atoms with E-state index in [0.717, 1.165) is 10.0 Å². The Labute approximate surface area is 91.2 Å². The van der Waals surface area contributed by atoms with E-state index in [0.29, 0.717) is 5.56 Å². The van der Waals surface area contributed by atoms with Gasteiger partial charge in [0.25, 0.3) is 5.91 Å². The second kappa shape index (κ2) is 5.21. The highest BCUT2D eigenvalue weighted by atomic mass is 79.9. The Morgan fingerprint density at radius 2 is 2.15 bits per heavy atom. The molecule has 0 bridgehead atoms. The summed E-state index contributed by atoms with van der Waals surface area (Å²) < 4.78 is 0.952. The van der Waals surface area contributed by atoms with Gasteiger partial charge in [-0.1, -0.05) is 15.9 Å². The van der Waals surface area contributed by atoms with Crippen molar-refractivity contribution in [3.05, 3.63) is 33.8 Å². The summed E-state index contributed by atoms with van der Waals surface area (Å²) in [6.07, 6.45) is 0. The van der Waals surface area contributed by atoms with Crippen LogP contribution in [-0.2, 0) is 0 Å². The first-order valence-corrected chi connectivity index (χ1v) is 4.21. The number of carbonyl (C=O) groups excluding carboxylic acids is 1. The summed E-state index contributed by atoms with van der Waals surface area (Å²) in [7, 11) is 0. The van der Waals surface area contributed by atoms with Crippen LogP contribution in [0.2, 0.25) is 0 Å². The van der Waals surface area contributed by atoms with Crippen LogP contribution in [0.15, 0.2) is 22.7 Å². The highest BCUT2D eigenvalue weighted by Gasteiger charge is 2.06. The predicted octanol–water partition coefficient (Wildman–Crippen LogP) is 1.78. The third kappa shape index (κ3) is 2.99. The Balaban J connectivity index is 0.00000144. The van der Waals surface area contributed by atoms with E-state index >= 15 is 0 Å². The smallest absolute Gasteiger partial charge is 0.265 e. The maximum Gasteiger partial charge on any atom is 0.265 e. The van der Waals surface area contributed by atoms with E-state index in [1.54, 1.807) is 12.1 Å². The summed E-state index contributed by atoms with van der Waals surface area (Å²) in [6.45, 7) is 1.86. The Morgan fingerprint density at radius 3 is 2.62 bits per heavy atom. The fraction of sp³-hybridized carbons (Fsp3) is 0.125. The van der Waals surface area contributed by atoms with Crippen LogP contribution in [0.25, 0.3) is 0 Å². The van der Waals surface area contributed by atoms with Crippen molar-refractivity contribution < 1.29 is 4.79 Å². The zero-order valence-corrected chi connectivity index (χ0v) is 9.41. The molecule has 1 rings (SSSR count). The molecule has 0 heterocycles. The lowest BCUT2D eigenvalue weighted by Crippen LogP contribution is -2.30. The number of carbonyl (C=O) groups is 1. The zero-order chi connectivity index (χ0) is 9.14. The quantitative estimate of drug-likeness (QED) is 0.462. The van der Waals surface area contributed by atoms with Crippen LogP contribution in [0.4, 0.5) is 0 Å². The zero-order valence-electron chi connectivity index (χ0n) is 7.00. The van der Waals surface area contributed by atoms with Gasteiger partial charge in [-0.25, -0.2) is 5.84 Å². The van der Waals surface area contributed by atoms with Gasteiger partial charge in [-0.2, -0.15) is 0 Å². The minimum Gasteiger partial charge on any atom is -0.290 e. The number of nitrogens with two attached hydrogens (primary N) is 1. The SMILES string of the molecule is Cc1cc(Br)ccc1C(=O)NN.Cl. The molecule has 0 fully saturated rings. The molecule has 1 amide bonds. The van der Waals surface area contributed by atoms with E-state index in [1.165, 1.54) is 0 Å². The van der Waals surface area contributed by atoms with E-state index in [2.05, 4.69) is 21.4 Å². The van der Waals surface area contributed by atoms with Gasteiger partial charge in [-0.15, -0.1) is 12.4 Å². The third-order valence-corrected chi connectivity index (χ3v) is 2.06. The lowest BCUT2D eigenvalue weighted by Gasteiger charge is -2.03. The molecule has 0 radical (unpaired) electrons. The molecule has 0 spiro atoms. The number of benzene rings is 1. The number of aryl methyl sites for hydroxylation is 1. The van der Waals surface area contributed by atoms with E-state index in [-0.39, 0.29) is 18.3 Å². The summed E-state index contributed by atoms with van der Waals surface area (Å²) in [5.41, 5.74) is 3.58. The number of hydrogen-bond acceptors (Lipinski definition) is 2. The molecule has 3 N–H and O–H groups in total. The molecule has 1 aromatic carbocycles. The molecule has 0 unspecified atom stereocenters. The highest BCUT2D eigenvalue weighted by molar-refractivity contribution is 9.10. The number of nitrogens with one attached hydrogen (secondary N) is 1. The Kier molecular flexibility index (Phi) is 4.98. The average molecular weight is 266 g/mol. The van der Waals surface area contributed by atoms with Gasteiger partial charge >= 0.3 is 0 Å². The fourth-order valence-corrected chi connectivity index (χ4v) is 1.44. The maximum absolute atomic E-state index is 11.1. The Morgan fingerprint density at radius 1 is 1.54 bits per heavy atom. The van der Waals surface area contributed by atoms with E-state index < -0.39 is 0 Å². The van der Waals surface area contributed by atoms with Crippen LogP contribution in [0.1, 0.15) is 15.9 Å². The number of hydrazine groups is 1. The summed E-state index contributed by atoms with van der Waals surface area (Å²) in [4.78, 5) is 11.1. The Bertz CT molecular complexity index is 317. The van der Waals surface area contributed by atoms with E-state index in [9.17, 15) is 4.79 Å². The van der Waals surface area contributed by atoms with Crippen LogP contribution in [0, 0.1) is 6.92 Å². The number of rotatable bonds is 1. The molecule has 0 saturated carbocycles. The molecule has 3 nitrogen and oxygen atoms in total. The van der Waals surface area contributed by atoms with Gasteiger partial charge in [0.1, 0.15) is 0 Å². The van der Waals surface area contributed by atoms with Crippen molar-refractivity contribution >= 4 is 34.2 Å². The van der Waals surface area contributed by atoms with Crippen molar-refractivity contribution in [2.45, 2.75) is 6.92 Å². The van der Waals surface area contributed by atoms with E-state index in [1.807, 2.05) is 13.0 Å². The average Bonchev–Trinajstić information content (AvgIpc) is 2.03. The first-order valence-electron chi connectivity index (χ1n) is 3.42. The second-order valence-corrected chi connectivity index (χ2v) is 3.35. The molecular weight excluding hydrogens is 255 g/mol. The minimum absolute atomic E-state index is 0. The highest BCUT2D eigenvalue weighted by Crippen LogP contribution is 2.15. The first-order chi connectivity index (χ1) is 5.65. The largest absolute Gasteiger partial charge is 0.290 e. The predicted molar refractivity (Wildman–Crippen MR) is 57.8 cm³/mol. The van der Waals surface area contributed by atoms with Crippen molar-refractivity contribution in [3.8, 4) is 0 Å². The van der Waals surface area contributed by atoms with Crippen molar-refractivity contribution in [1.29, 1.82) is 0 Å². The molecule has 72 valence electrons. The number of nitrogen functional groups attached to an aromatic ring is 1. The van der Waals surface area contributed by atoms with Gasteiger partial charge < -0.3 is 0 Å². The molecule has 0 aliphatic heterocycles. The van der Waals surface area contributed by atoms with Crippen LogP contribution in [0.3, 0.4) is 0 Å². The van der Waals surface area contributed by atoms with Crippen molar-refractivity contribution in [1.82, 2.24) is 5.43 Å². The van der Waals surface area contributed by atoms with Gasteiger partial charge in [0.2, 0.25) is 0 Å². The molecule has 13 heavy (non-hydrogen) atoms. The topological polar surface area (TPSA) is 55.1 Å². The molecule has 0 atom stereocenters. The molecule has 0 aliphatic rings. The van der Waals surface area contributed by atoms with Gasteiger partial charge in [-0.05, 0) is 30.7 Å². The van der Waals surface area contributed by atoms with Gasteiger partial charge in [0.15, 0.2) is 0 Å². The maximum atomic E-state index is 11.1. The normalized spacial score (nSPS) is 8.85. The summed E-state index contributed by atoms with van der Waals surface area (Å²) in [6, 6.07) is 5.39. The molecule has 1 aromatic rings. The van der Waals surface area contributed by atoms with Gasteiger partial charge in [0.05, 0.1) is 0 Å². The monoisotopic (exact) mass is 264 g/mol. The molecule has 0 aliphatic carbocycles. The van der Waals surface area contributed by atoms with Crippen LogP contribution in [-0.4, -0.2) is 5.91 Å². The second-order valence-electron chi connectivity index (χ2n) is 2.43. The first kappa shape index (κ1) is 12.4. The van der Waals surface area contributed by atoms with Gasteiger partial charge in [-0.3, -0.25) is 10.2 Å². The van der Waals surface area contributed by atoms with Crippen LogP contribution >= 0.6 is 28.3 Å². The standard InChI is InChI=1S/C8H9BrN2O.ClH/c1-5-4-6(9)2-3-7(5)8(12)11-10;/h2-4H,10H2,1H3,(H,11,12);1H. The fourth-order valence-electron chi connectivity index (χ4n) is 0.960. The van der Waals surface area contributed by atoms with E-state index in [4.69, 9.17) is 5.84 Å². The van der Waals surface area contributed by atoms with Crippen LogP contribution < -0.4 is 11.3 Å². The van der Waals surface area contributed by atoms with Crippen LogP contribution in [0.5, 0.6) is 0 Å². The molecule has 0 saturated heterocycles. The summed E-state index contributed by atoms with van der Waals surface area (Å²) in [5.74, 6) is 4.74. The molecule has 0 aromatic heterocycles. The minimum atomic E-state index is -0.264. The van der Waals surface area contributed by atoms with Gasteiger partial charge in [0, 0.05) is 10.0 Å². The molecule has 5 heteroatoms.